The molecule has 1 aliphatic rings. The summed E-state index contributed by atoms with van der Waals surface area (Å²) in [7, 11) is 1.71. The van der Waals surface area contributed by atoms with Crippen molar-refractivity contribution in [1.29, 1.82) is 0 Å². The largest absolute Gasteiger partial charge is 0.496 e. The van der Waals surface area contributed by atoms with Crippen LogP contribution in [0.4, 0.5) is 0 Å². The highest BCUT2D eigenvalue weighted by Gasteiger charge is 2.18. The normalized spacial score (nSPS) is 22.2. The Morgan fingerprint density at radius 3 is 2.89 bits per heavy atom. The Hall–Kier alpha value is -1.06. The number of benzene rings is 1. The molecule has 1 aliphatic heterocycles. The fourth-order valence-corrected chi connectivity index (χ4v) is 2.85. The number of aliphatic hydroxyl groups is 1. The highest BCUT2D eigenvalue weighted by atomic mass is 16.5. The van der Waals surface area contributed by atoms with Gasteiger partial charge in [0.25, 0.3) is 0 Å². The molecule has 0 radical (unpaired) electrons. The molecular weight excluding hydrogens is 238 g/mol. The minimum Gasteiger partial charge on any atom is -0.496 e. The molecule has 1 aromatic rings. The fraction of sp³-hybridized carbons (Fsp3) is 0.625. The first-order valence-corrected chi connectivity index (χ1v) is 7.17. The van der Waals surface area contributed by atoms with Gasteiger partial charge in [0.15, 0.2) is 0 Å². The average Bonchev–Trinajstić information content (AvgIpc) is 2.38. The number of nitrogens with zero attached hydrogens (tertiary/aromatic N) is 1. The predicted molar refractivity (Wildman–Crippen MR) is 77.3 cm³/mol. The second kappa shape index (κ2) is 6.40. The van der Waals surface area contributed by atoms with E-state index in [9.17, 15) is 5.11 Å². The Morgan fingerprint density at radius 2 is 2.26 bits per heavy atom. The lowest BCUT2D eigenvalue weighted by molar-refractivity contribution is 0.174. The lowest BCUT2D eigenvalue weighted by atomic mass is 9.99. The number of rotatable bonds is 4. The number of piperidine rings is 1. The Labute approximate surface area is 116 Å². The number of aliphatic hydroxyl groups excluding tert-OH is 1. The molecule has 106 valence electrons. The van der Waals surface area contributed by atoms with Crippen molar-refractivity contribution in [3.8, 4) is 5.75 Å². The quantitative estimate of drug-likeness (QED) is 0.906. The monoisotopic (exact) mass is 263 g/mol. The third-order valence-corrected chi connectivity index (χ3v) is 3.92. The average molecular weight is 263 g/mol. The van der Waals surface area contributed by atoms with Gasteiger partial charge in [-0.05, 0) is 49.9 Å². The molecular formula is C16H25NO2. The third kappa shape index (κ3) is 3.71. The summed E-state index contributed by atoms with van der Waals surface area (Å²) in [5.74, 6) is 1.70. The summed E-state index contributed by atoms with van der Waals surface area (Å²) in [6, 6.07) is 5.97. The molecule has 0 saturated carbocycles. The van der Waals surface area contributed by atoms with E-state index < -0.39 is 6.10 Å². The van der Waals surface area contributed by atoms with Crippen LogP contribution in [0.5, 0.6) is 5.75 Å². The molecule has 1 aromatic carbocycles. The zero-order valence-corrected chi connectivity index (χ0v) is 12.2. The smallest absolute Gasteiger partial charge is 0.123 e. The standard InChI is InChI=1S/C16H25NO2/c1-12-5-4-8-17(10-12)11-15-9-14(13(2)18)6-7-16(15)19-3/h6-7,9,12-13,18H,4-5,8,10-11H2,1-3H3. The SMILES string of the molecule is COc1ccc(C(C)O)cc1CN1CCCC(C)C1. The van der Waals surface area contributed by atoms with E-state index in [1.54, 1.807) is 14.0 Å². The van der Waals surface area contributed by atoms with Crippen molar-refractivity contribution in [2.45, 2.75) is 39.3 Å². The molecule has 3 nitrogen and oxygen atoms in total. The van der Waals surface area contributed by atoms with Gasteiger partial charge in [0.1, 0.15) is 5.75 Å². The molecule has 3 heteroatoms. The molecule has 0 spiro atoms. The van der Waals surface area contributed by atoms with Gasteiger partial charge in [0, 0.05) is 18.7 Å². The Bertz CT molecular complexity index is 417. The van der Waals surface area contributed by atoms with Crippen LogP contribution >= 0.6 is 0 Å². The molecule has 0 aliphatic carbocycles. The van der Waals surface area contributed by atoms with E-state index in [4.69, 9.17) is 4.74 Å². The van der Waals surface area contributed by atoms with E-state index in [1.807, 2.05) is 12.1 Å². The molecule has 1 fully saturated rings. The van der Waals surface area contributed by atoms with Crippen LogP contribution in [0.15, 0.2) is 18.2 Å². The van der Waals surface area contributed by atoms with Gasteiger partial charge in [-0.1, -0.05) is 13.0 Å². The second-order valence-corrected chi connectivity index (χ2v) is 5.73. The van der Waals surface area contributed by atoms with Crippen LogP contribution in [0, 0.1) is 5.92 Å². The van der Waals surface area contributed by atoms with Crippen LogP contribution in [0.2, 0.25) is 0 Å². The lowest BCUT2D eigenvalue weighted by Gasteiger charge is -2.31. The van der Waals surface area contributed by atoms with Gasteiger partial charge < -0.3 is 9.84 Å². The first-order valence-electron chi connectivity index (χ1n) is 7.17. The van der Waals surface area contributed by atoms with Gasteiger partial charge in [-0.25, -0.2) is 0 Å². The summed E-state index contributed by atoms with van der Waals surface area (Å²) in [6.45, 7) is 7.34. The van der Waals surface area contributed by atoms with Crippen molar-refractivity contribution in [2.75, 3.05) is 20.2 Å². The van der Waals surface area contributed by atoms with E-state index in [0.29, 0.717) is 0 Å². The molecule has 0 aromatic heterocycles. The number of hydrogen-bond acceptors (Lipinski definition) is 3. The molecule has 2 atom stereocenters. The Morgan fingerprint density at radius 1 is 1.47 bits per heavy atom. The van der Waals surface area contributed by atoms with Crippen molar-refractivity contribution in [3.63, 3.8) is 0 Å². The van der Waals surface area contributed by atoms with Gasteiger partial charge in [-0.15, -0.1) is 0 Å². The van der Waals surface area contributed by atoms with Crippen LogP contribution in [0.25, 0.3) is 0 Å². The second-order valence-electron chi connectivity index (χ2n) is 5.73. The van der Waals surface area contributed by atoms with Crippen molar-refractivity contribution >= 4 is 0 Å². The molecule has 19 heavy (non-hydrogen) atoms. The molecule has 2 rings (SSSR count). The van der Waals surface area contributed by atoms with Crippen LogP contribution in [0.1, 0.15) is 43.9 Å². The van der Waals surface area contributed by atoms with Crippen LogP contribution < -0.4 is 4.74 Å². The highest BCUT2D eigenvalue weighted by Crippen LogP contribution is 2.26. The van der Waals surface area contributed by atoms with Gasteiger partial charge in [-0.2, -0.15) is 0 Å². The van der Waals surface area contributed by atoms with Crippen molar-refractivity contribution in [2.24, 2.45) is 5.92 Å². The Balaban J connectivity index is 2.14. The summed E-state index contributed by atoms with van der Waals surface area (Å²) in [6.07, 6.45) is 2.19. The maximum Gasteiger partial charge on any atom is 0.123 e. The van der Waals surface area contributed by atoms with E-state index in [-0.39, 0.29) is 0 Å². The molecule has 1 saturated heterocycles. The lowest BCUT2D eigenvalue weighted by Crippen LogP contribution is -2.33. The van der Waals surface area contributed by atoms with Crippen molar-refractivity contribution in [1.82, 2.24) is 4.90 Å². The third-order valence-electron chi connectivity index (χ3n) is 3.92. The topological polar surface area (TPSA) is 32.7 Å². The number of hydrogen-bond donors (Lipinski definition) is 1. The molecule has 1 heterocycles. The molecule has 0 amide bonds. The van der Waals surface area contributed by atoms with Crippen molar-refractivity contribution in [3.05, 3.63) is 29.3 Å². The van der Waals surface area contributed by atoms with E-state index in [2.05, 4.69) is 17.9 Å². The van der Waals surface area contributed by atoms with E-state index in [0.717, 1.165) is 36.9 Å². The Kier molecular flexibility index (Phi) is 4.83. The maximum atomic E-state index is 9.71. The van der Waals surface area contributed by atoms with Gasteiger partial charge in [0.05, 0.1) is 13.2 Å². The summed E-state index contributed by atoms with van der Waals surface area (Å²) < 4.78 is 5.44. The van der Waals surface area contributed by atoms with E-state index >= 15 is 0 Å². The van der Waals surface area contributed by atoms with Crippen LogP contribution in [-0.2, 0) is 6.54 Å². The summed E-state index contributed by atoms with van der Waals surface area (Å²) in [5.41, 5.74) is 2.14. The number of likely N-dealkylation sites (tertiary alicyclic amines) is 1. The molecule has 2 unspecified atom stereocenters. The molecule has 0 bridgehead atoms. The maximum absolute atomic E-state index is 9.71. The van der Waals surface area contributed by atoms with Gasteiger partial charge in [0.2, 0.25) is 0 Å². The fourth-order valence-electron chi connectivity index (χ4n) is 2.85. The zero-order valence-electron chi connectivity index (χ0n) is 12.2. The number of ether oxygens (including phenoxy) is 1. The first kappa shape index (κ1) is 14.4. The van der Waals surface area contributed by atoms with E-state index in [1.165, 1.54) is 18.4 Å². The summed E-state index contributed by atoms with van der Waals surface area (Å²) in [4.78, 5) is 2.48. The van der Waals surface area contributed by atoms with Crippen molar-refractivity contribution < 1.29 is 9.84 Å². The number of methoxy groups -OCH3 is 1. The minimum atomic E-state index is -0.426. The minimum absolute atomic E-state index is 0.426. The summed E-state index contributed by atoms with van der Waals surface area (Å²) >= 11 is 0. The predicted octanol–water partition coefficient (Wildman–Crippen LogP) is 2.98. The first-order chi connectivity index (χ1) is 9.10. The molecule has 1 N–H and O–H groups in total. The van der Waals surface area contributed by atoms with Crippen LogP contribution in [0.3, 0.4) is 0 Å². The zero-order chi connectivity index (χ0) is 13.8. The highest BCUT2D eigenvalue weighted by molar-refractivity contribution is 5.38. The van der Waals surface area contributed by atoms with Gasteiger partial charge in [-0.3, -0.25) is 4.90 Å². The van der Waals surface area contributed by atoms with Crippen LogP contribution in [-0.4, -0.2) is 30.2 Å². The summed E-state index contributed by atoms with van der Waals surface area (Å²) in [5, 5.41) is 9.71. The van der Waals surface area contributed by atoms with Gasteiger partial charge >= 0.3 is 0 Å².